The van der Waals surface area contributed by atoms with Crippen molar-refractivity contribution in [2.24, 2.45) is 5.73 Å². The highest BCUT2D eigenvalue weighted by Gasteiger charge is 2.20. The Labute approximate surface area is 152 Å². The molecular formula is C16H23Cl2N3O3. The molecule has 1 aromatic rings. The molecule has 0 aliphatic carbocycles. The molecule has 0 aliphatic heterocycles. The fourth-order valence-electron chi connectivity index (χ4n) is 2.10. The fraction of sp³-hybridized carbons (Fsp3) is 0.500. The lowest BCUT2D eigenvalue weighted by molar-refractivity contribution is -0.136. The Morgan fingerprint density at radius 2 is 2.08 bits per heavy atom. The number of carbonyl (C=O) groups excluding carboxylic acids is 2. The number of halogens is 2. The summed E-state index contributed by atoms with van der Waals surface area (Å²) >= 11 is 11.9. The number of amides is 2. The van der Waals surface area contributed by atoms with Gasteiger partial charge in [0.15, 0.2) is 0 Å². The molecule has 6 nitrogen and oxygen atoms in total. The van der Waals surface area contributed by atoms with E-state index >= 15 is 0 Å². The van der Waals surface area contributed by atoms with E-state index in [-0.39, 0.29) is 37.4 Å². The first-order chi connectivity index (χ1) is 11.4. The first kappa shape index (κ1) is 20.7. The van der Waals surface area contributed by atoms with Gasteiger partial charge in [0.1, 0.15) is 0 Å². The number of nitrogens with zero attached hydrogens (tertiary/aromatic N) is 1. The van der Waals surface area contributed by atoms with Crippen molar-refractivity contribution in [3.8, 4) is 0 Å². The first-order valence-electron chi connectivity index (χ1n) is 7.66. The molecule has 0 aliphatic rings. The molecule has 0 saturated carbocycles. The molecular weight excluding hydrogens is 353 g/mol. The maximum atomic E-state index is 12.3. The number of hydrogen-bond donors (Lipinski definition) is 2. The van der Waals surface area contributed by atoms with Gasteiger partial charge in [-0.1, -0.05) is 30.1 Å². The van der Waals surface area contributed by atoms with Crippen molar-refractivity contribution in [2.45, 2.75) is 25.9 Å². The minimum Gasteiger partial charge on any atom is -0.380 e. The van der Waals surface area contributed by atoms with Gasteiger partial charge in [0.2, 0.25) is 11.8 Å². The van der Waals surface area contributed by atoms with E-state index in [1.807, 2.05) is 6.92 Å². The quantitative estimate of drug-likeness (QED) is 0.694. The van der Waals surface area contributed by atoms with Crippen LogP contribution in [-0.4, -0.2) is 49.6 Å². The lowest BCUT2D eigenvalue weighted by atomic mass is 10.2. The third-order valence-corrected chi connectivity index (χ3v) is 3.95. The molecule has 8 heteroatoms. The van der Waals surface area contributed by atoms with E-state index < -0.39 is 0 Å². The van der Waals surface area contributed by atoms with E-state index in [0.717, 1.165) is 6.42 Å². The van der Waals surface area contributed by atoms with E-state index in [1.165, 1.54) is 12.0 Å². The van der Waals surface area contributed by atoms with Crippen molar-refractivity contribution in [1.29, 1.82) is 0 Å². The van der Waals surface area contributed by atoms with Crippen molar-refractivity contribution < 1.29 is 14.3 Å². The summed E-state index contributed by atoms with van der Waals surface area (Å²) in [6.07, 6.45) is 0.511. The van der Waals surface area contributed by atoms with Crippen LogP contribution >= 0.6 is 23.2 Å². The van der Waals surface area contributed by atoms with Crippen LogP contribution in [0, 0.1) is 0 Å². The summed E-state index contributed by atoms with van der Waals surface area (Å²) in [7, 11) is 1.50. The van der Waals surface area contributed by atoms with E-state index in [2.05, 4.69) is 5.32 Å². The third-order valence-electron chi connectivity index (χ3n) is 3.38. The Morgan fingerprint density at radius 3 is 2.67 bits per heavy atom. The minimum atomic E-state index is -0.359. The summed E-state index contributed by atoms with van der Waals surface area (Å²) in [4.78, 5) is 26.0. The van der Waals surface area contributed by atoms with Crippen molar-refractivity contribution in [1.82, 2.24) is 4.90 Å². The second-order valence-corrected chi connectivity index (χ2v) is 6.13. The van der Waals surface area contributed by atoms with Gasteiger partial charge in [-0.05, 0) is 24.6 Å². The lowest BCUT2D eigenvalue weighted by Crippen LogP contribution is -2.41. The highest BCUT2D eigenvalue weighted by Crippen LogP contribution is 2.25. The van der Waals surface area contributed by atoms with E-state index in [1.54, 1.807) is 18.2 Å². The van der Waals surface area contributed by atoms with Gasteiger partial charge in [0.25, 0.3) is 0 Å². The Balaban J connectivity index is 2.71. The van der Waals surface area contributed by atoms with E-state index in [4.69, 9.17) is 33.7 Å². The molecule has 1 aromatic carbocycles. The second kappa shape index (κ2) is 10.5. The zero-order valence-corrected chi connectivity index (χ0v) is 15.4. The van der Waals surface area contributed by atoms with E-state index in [9.17, 15) is 9.59 Å². The highest BCUT2D eigenvalue weighted by molar-refractivity contribution is 6.35. The topological polar surface area (TPSA) is 84.7 Å². The van der Waals surface area contributed by atoms with Crippen LogP contribution in [0.2, 0.25) is 10.0 Å². The van der Waals surface area contributed by atoms with Crippen molar-refractivity contribution >= 4 is 40.7 Å². The average molecular weight is 376 g/mol. The maximum absolute atomic E-state index is 12.3. The number of nitrogens with one attached hydrogen (secondary N) is 1. The molecule has 1 rings (SSSR count). The summed E-state index contributed by atoms with van der Waals surface area (Å²) in [5.41, 5.74) is 5.95. The van der Waals surface area contributed by atoms with Gasteiger partial charge in [0, 0.05) is 25.2 Å². The summed E-state index contributed by atoms with van der Waals surface area (Å²) in [6.45, 7) is 2.57. The monoisotopic (exact) mass is 375 g/mol. The molecule has 0 heterocycles. The summed E-state index contributed by atoms with van der Waals surface area (Å²) in [5, 5.41) is 3.51. The van der Waals surface area contributed by atoms with Gasteiger partial charge in [-0.3, -0.25) is 9.59 Å². The van der Waals surface area contributed by atoms with Crippen molar-refractivity contribution in [2.75, 3.05) is 32.1 Å². The molecule has 0 saturated heterocycles. The number of carbonyl (C=O) groups is 2. The van der Waals surface area contributed by atoms with Crippen molar-refractivity contribution in [3.05, 3.63) is 28.2 Å². The average Bonchev–Trinajstić information content (AvgIpc) is 2.55. The molecule has 0 fully saturated rings. The van der Waals surface area contributed by atoms with Gasteiger partial charge >= 0.3 is 0 Å². The normalized spacial score (nSPS) is 11.9. The number of anilines is 1. The van der Waals surface area contributed by atoms with Crippen LogP contribution in [0.15, 0.2) is 18.2 Å². The summed E-state index contributed by atoms with van der Waals surface area (Å²) < 4.78 is 5.12. The summed E-state index contributed by atoms with van der Waals surface area (Å²) in [5.74, 6) is -0.524. The van der Waals surface area contributed by atoms with Crippen LogP contribution in [0.1, 0.15) is 19.8 Å². The molecule has 1 atom stereocenters. The van der Waals surface area contributed by atoms with Gasteiger partial charge in [-0.15, -0.1) is 0 Å². The highest BCUT2D eigenvalue weighted by atomic mass is 35.5. The van der Waals surface area contributed by atoms with E-state index in [0.29, 0.717) is 22.3 Å². The maximum Gasteiger partial charge on any atom is 0.244 e. The fourth-order valence-corrected chi connectivity index (χ4v) is 2.44. The smallest absolute Gasteiger partial charge is 0.244 e. The van der Waals surface area contributed by atoms with Gasteiger partial charge in [-0.2, -0.15) is 0 Å². The zero-order valence-electron chi connectivity index (χ0n) is 13.9. The number of nitrogens with two attached hydrogens (primary N) is 1. The van der Waals surface area contributed by atoms with Crippen LogP contribution in [0.25, 0.3) is 0 Å². The second-order valence-electron chi connectivity index (χ2n) is 5.29. The molecule has 1 unspecified atom stereocenters. The van der Waals surface area contributed by atoms with Crippen LogP contribution < -0.4 is 11.1 Å². The molecule has 134 valence electrons. The molecule has 2 amide bonds. The van der Waals surface area contributed by atoms with Crippen molar-refractivity contribution in [3.63, 3.8) is 0 Å². The van der Waals surface area contributed by atoms with Crippen LogP contribution in [0.4, 0.5) is 5.69 Å². The molecule has 3 N–H and O–H groups in total. The molecule has 24 heavy (non-hydrogen) atoms. The number of benzene rings is 1. The number of ether oxygens (including phenoxy) is 1. The molecule has 0 bridgehead atoms. The Kier molecular flexibility index (Phi) is 9.07. The predicted octanol–water partition coefficient (Wildman–Crippen LogP) is 2.53. The number of hydrogen-bond acceptors (Lipinski definition) is 4. The number of rotatable bonds is 9. The number of methoxy groups -OCH3 is 1. The molecule has 0 aromatic heterocycles. The van der Waals surface area contributed by atoms with Gasteiger partial charge < -0.3 is 20.7 Å². The Bertz CT molecular complexity index is 565. The van der Waals surface area contributed by atoms with Crippen LogP contribution in [-0.2, 0) is 14.3 Å². The molecule has 0 spiro atoms. The Hall–Kier alpha value is -1.34. The third kappa shape index (κ3) is 6.65. The lowest BCUT2D eigenvalue weighted by Gasteiger charge is -2.23. The first-order valence-corrected chi connectivity index (χ1v) is 8.42. The van der Waals surface area contributed by atoms with Gasteiger partial charge in [0.05, 0.1) is 29.8 Å². The van der Waals surface area contributed by atoms with Gasteiger partial charge in [-0.25, -0.2) is 0 Å². The van der Waals surface area contributed by atoms with Crippen LogP contribution in [0.5, 0.6) is 0 Å². The SMILES string of the molecule is CCCN(CC(=O)Nc1cc(Cl)ccc1Cl)C(=O)CC(CN)OC. The standard InChI is InChI=1S/C16H23Cl2N3O3/c1-3-6-21(16(23)8-12(9-19)24-2)10-15(22)20-14-7-11(17)4-5-13(14)18/h4-5,7,12H,3,6,8-10,19H2,1-2H3,(H,20,22). The largest absolute Gasteiger partial charge is 0.380 e. The predicted molar refractivity (Wildman–Crippen MR) is 96.4 cm³/mol. The summed E-state index contributed by atoms with van der Waals surface area (Å²) in [6, 6.07) is 4.78. The molecule has 0 radical (unpaired) electrons. The van der Waals surface area contributed by atoms with Crippen LogP contribution in [0.3, 0.4) is 0 Å². The zero-order chi connectivity index (χ0) is 18.1. The minimum absolute atomic E-state index is 0.0729. The Morgan fingerprint density at radius 1 is 1.38 bits per heavy atom.